The zero-order chi connectivity index (χ0) is 21.4. The molecule has 0 aromatic carbocycles. The molecule has 8 heteroatoms. The molecule has 5 heterocycles. The fourth-order valence-corrected chi connectivity index (χ4v) is 5.17. The van der Waals surface area contributed by atoms with Crippen LogP contribution in [0.1, 0.15) is 47.5 Å². The summed E-state index contributed by atoms with van der Waals surface area (Å²) in [4.78, 5) is 17.9. The van der Waals surface area contributed by atoms with Crippen molar-refractivity contribution in [2.24, 2.45) is 5.92 Å². The van der Waals surface area contributed by atoms with Gasteiger partial charge in [0, 0.05) is 67.7 Å². The van der Waals surface area contributed by atoms with Crippen molar-refractivity contribution in [3.8, 4) is 0 Å². The number of hydrogen-bond acceptors (Lipinski definition) is 6. The third-order valence-corrected chi connectivity index (χ3v) is 6.56. The monoisotopic (exact) mass is 422 g/mol. The topological polar surface area (TPSA) is 83.2 Å². The van der Waals surface area contributed by atoms with Gasteiger partial charge in [-0.1, -0.05) is 18.1 Å². The second-order valence-corrected chi connectivity index (χ2v) is 9.11. The van der Waals surface area contributed by atoms with Crippen molar-refractivity contribution in [3.05, 3.63) is 69.2 Å². The molecule has 2 aliphatic heterocycles. The van der Waals surface area contributed by atoms with Crippen molar-refractivity contribution in [1.82, 2.24) is 29.7 Å². The van der Waals surface area contributed by atoms with Gasteiger partial charge in [0.15, 0.2) is 5.76 Å². The van der Waals surface area contributed by atoms with E-state index in [9.17, 15) is 4.79 Å². The number of aromatic nitrogens is 4. The molecule has 0 saturated carbocycles. The number of likely N-dealkylation sites (tertiary alicyclic amines) is 1. The van der Waals surface area contributed by atoms with Crippen LogP contribution in [0, 0.1) is 5.92 Å². The van der Waals surface area contributed by atoms with Crippen LogP contribution in [0.15, 0.2) is 39.9 Å². The standard InChI is InChI=1S/C23H30N6O2/c1-3-20-7-21(31-26-20)15-27(2)13-18-4-5-22-19-6-16(12-29(22)23(18)30)10-28(14-19)11-17-8-24-25-9-17/h4-5,7-9,16,19H,3,6,10-15H2,1-2H3,(H,24,25)/t16-,19+/m0/s1. The fourth-order valence-electron chi connectivity index (χ4n) is 5.17. The van der Waals surface area contributed by atoms with Crippen LogP contribution in [0.5, 0.6) is 0 Å². The lowest BCUT2D eigenvalue weighted by molar-refractivity contribution is 0.114. The first-order chi connectivity index (χ1) is 15.1. The van der Waals surface area contributed by atoms with Crippen molar-refractivity contribution in [3.63, 3.8) is 0 Å². The number of aromatic amines is 1. The van der Waals surface area contributed by atoms with Crippen molar-refractivity contribution >= 4 is 0 Å². The SMILES string of the molecule is CCc1cc(CN(C)Cc2ccc3n(c2=O)C[C@H]2C[C@@H]3CN(Cc3cn[nH]c3)C2)on1. The first-order valence-electron chi connectivity index (χ1n) is 11.1. The highest BCUT2D eigenvalue weighted by Gasteiger charge is 2.35. The van der Waals surface area contributed by atoms with Crippen LogP contribution in [-0.4, -0.2) is 49.9 Å². The van der Waals surface area contributed by atoms with Crippen molar-refractivity contribution in [1.29, 1.82) is 0 Å². The Balaban J connectivity index is 1.29. The summed E-state index contributed by atoms with van der Waals surface area (Å²) in [5.74, 6) is 1.77. The van der Waals surface area contributed by atoms with Gasteiger partial charge in [0.25, 0.3) is 5.56 Å². The Labute approximate surface area is 181 Å². The van der Waals surface area contributed by atoms with E-state index in [2.05, 4.69) is 38.1 Å². The van der Waals surface area contributed by atoms with Crippen molar-refractivity contribution in [2.75, 3.05) is 20.1 Å². The van der Waals surface area contributed by atoms with Crippen LogP contribution in [-0.2, 0) is 32.6 Å². The number of rotatable bonds is 7. The second-order valence-electron chi connectivity index (χ2n) is 9.11. The minimum atomic E-state index is 0.161. The molecular formula is C23H30N6O2. The number of fused-ring (bicyclic) bond motifs is 4. The average Bonchev–Trinajstić information content (AvgIpc) is 3.42. The third kappa shape index (κ3) is 4.22. The highest BCUT2D eigenvalue weighted by Crippen LogP contribution is 2.35. The third-order valence-electron chi connectivity index (χ3n) is 6.56. The first-order valence-corrected chi connectivity index (χ1v) is 11.1. The molecule has 1 saturated heterocycles. The number of nitrogens with zero attached hydrogens (tertiary/aromatic N) is 5. The molecule has 5 rings (SSSR count). The smallest absolute Gasteiger partial charge is 0.255 e. The Kier molecular flexibility index (Phi) is 5.50. The lowest BCUT2D eigenvalue weighted by atomic mass is 9.83. The van der Waals surface area contributed by atoms with Crippen LogP contribution in [0.4, 0.5) is 0 Å². The van der Waals surface area contributed by atoms with E-state index in [1.54, 1.807) is 0 Å². The van der Waals surface area contributed by atoms with Gasteiger partial charge in [-0.2, -0.15) is 5.10 Å². The molecule has 1 fully saturated rings. The molecular weight excluding hydrogens is 392 g/mol. The van der Waals surface area contributed by atoms with E-state index in [1.807, 2.05) is 36.1 Å². The second kappa shape index (κ2) is 8.43. The molecule has 0 unspecified atom stereocenters. The summed E-state index contributed by atoms with van der Waals surface area (Å²) in [6.07, 6.45) is 5.90. The number of pyridine rings is 1. The molecule has 2 aliphatic rings. The maximum Gasteiger partial charge on any atom is 0.255 e. The molecule has 0 aliphatic carbocycles. The normalized spacial score (nSPS) is 20.9. The average molecular weight is 423 g/mol. The largest absolute Gasteiger partial charge is 0.360 e. The van der Waals surface area contributed by atoms with Gasteiger partial charge in [-0.3, -0.25) is 19.7 Å². The molecule has 8 nitrogen and oxygen atoms in total. The van der Waals surface area contributed by atoms with E-state index in [-0.39, 0.29) is 5.56 Å². The summed E-state index contributed by atoms with van der Waals surface area (Å²) in [6.45, 7) is 7.05. The molecule has 0 radical (unpaired) electrons. The predicted molar refractivity (Wildman–Crippen MR) is 116 cm³/mol. The van der Waals surface area contributed by atoms with E-state index < -0.39 is 0 Å². The Bertz CT molecular complexity index is 1090. The highest BCUT2D eigenvalue weighted by molar-refractivity contribution is 5.22. The Morgan fingerprint density at radius 3 is 2.94 bits per heavy atom. The molecule has 3 aromatic heterocycles. The molecule has 0 spiro atoms. The van der Waals surface area contributed by atoms with Crippen molar-refractivity contribution < 1.29 is 4.52 Å². The van der Waals surface area contributed by atoms with Gasteiger partial charge >= 0.3 is 0 Å². The van der Waals surface area contributed by atoms with Crippen LogP contribution in [0.3, 0.4) is 0 Å². The summed E-state index contributed by atoms with van der Waals surface area (Å²) in [7, 11) is 2.01. The van der Waals surface area contributed by atoms with Gasteiger partial charge in [0.05, 0.1) is 18.4 Å². The fraction of sp³-hybridized carbons (Fsp3) is 0.522. The van der Waals surface area contributed by atoms with Crippen LogP contribution < -0.4 is 5.56 Å². The minimum absolute atomic E-state index is 0.161. The van der Waals surface area contributed by atoms with Gasteiger partial charge in [-0.15, -0.1) is 0 Å². The summed E-state index contributed by atoms with van der Waals surface area (Å²) in [5.41, 5.74) is 4.37. The van der Waals surface area contributed by atoms with Crippen molar-refractivity contribution in [2.45, 2.75) is 51.9 Å². The van der Waals surface area contributed by atoms with Gasteiger partial charge in [0.2, 0.25) is 0 Å². The van der Waals surface area contributed by atoms with Gasteiger partial charge < -0.3 is 9.09 Å². The first kappa shape index (κ1) is 20.2. The lowest BCUT2D eigenvalue weighted by Gasteiger charge is -2.43. The van der Waals surface area contributed by atoms with Gasteiger partial charge in [-0.25, -0.2) is 0 Å². The minimum Gasteiger partial charge on any atom is -0.360 e. The van der Waals surface area contributed by atoms with E-state index in [4.69, 9.17) is 4.52 Å². The number of hydrogen-bond donors (Lipinski definition) is 1. The Morgan fingerprint density at radius 1 is 1.26 bits per heavy atom. The molecule has 2 bridgehead atoms. The number of H-pyrrole nitrogens is 1. The molecule has 1 N–H and O–H groups in total. The summed E-state index contributed by atoms with van der Waals surface area (Å²) in [6, 6.07) is 6.20. The number of nitrogens with one attached hydrogen (secondary N) is 1. The maximum atomic E-state index is 13.3. The van der Waals surface area contributed by atoms with Crippen LogP contribution >= 0.6 is 0 Å². The highest BCUT2D eigenvalue weighted by atomic mass is 16.5. The molecule has 3 aromatic rings. The number of piperidine rings is 1. The zero-order valence-electron chi connectivity index (χ0n) is 18.3. The summed E-state index contributed by atoms with van der Waals surface area (Å²) < 4.78 is 7.44. The van der Waals surface area contributed by atoms with Gasteiger partial charge in [0.1, 0.15) is 0 Å². The van der Waals surface area contributed by atoms with Gasteiger partial charge in [-0.05, 0) is 31.9 Å². The van der Waals surface area contributed by atoms with E-state index in [1.165, 1.54) is 17.7 Å². The number of aryl methyl sites for hydroxylation is 1. The predicted octanol–water partition coefficient (Wildman–Crippen LogP) is 2.37. The molecule has 0 amide bonds. The molecule has 2 atom stereocenters. The summed E-state index contributed by atoms with van der Waals surface area (Å²) in [5, 5.41) is 11.0. The van der Waals surface area contributed by atoms with E-state index in [0.717, 1.165) is 49.6 Å². The summed E-state index contributed by atoms with van der Waals surface area (Å²) >= 11 is 0. The van der Waals surface area contributed by atoms with Crippen LogP contribution in [0.2, 0.25) is 0 Å². The van der Waals surface area contributed by atoms with E-state index >= 15 is 0 Å². The van der Waals surface area contributed by atoms with E-state index in [0.29, 0.717) is 24.9 Å². The zero-order valence-corrected chi connectivity index (χ0v) is 18.3. The Hall–Kier alpha value is -2.71. The Morgan fingerprint density at radius 2 is 2.16 bits per heavy atom. The molecule has 164 valence electrons. The molecule has 31 heavy (non-hydrogen) atoms. The lowest BCUT2D eigenvalue weighted by Crippen LogP contribution is -2.47. The quantitative estimate of drug-likeness (QED) is 0.629. The van der Waals surface area contributed by atoms with Crippen LogP contribution in [0.25, 0.3) is 0 Å². The maximum absolute atomic E-state index is 13.3.